The van der Waals surface area contributed by atoms with Gasteiger partial charge >= 0.3 is 5.97 Å². The maximum atomic E-state index is 12.9. The van der Waals surface area contributed by atoms with Crippen molar-refractivity contribution in [3.63, 3.8) is 0 Å². The molecule has 9 heteroatoms. The van der Waals surface area contributed by atoms with Gasteiger partial charge in [-0.05, 0) is 51.5 Å². The van der Waals surface area contributed by atoms with E-state index in [9.17, 15) is 14.4 Å². The van der Waals surface area contributed by atoms with Gasteiger partial charge in [-0.15, -0.1) is 11.3 Å². The van der Waals surface area contributed by atoms with Gasteiger partial charge in [0, 0.05) is 18.7 Å². The Morgan fingerprint density at radius 3 is 2.31 bits per heavy atom. The van der Waals surface area contributed by atoms with E-state index in [1.165, 1.54) is 18.2 Å². The molecule has 6 nitrogen and oxygen atoms in total. The minimum Gasteiger partial charge on any atom is -0.462 e. The summed E-state index contributed by atoms with van der Waals surface area (Å²) >= 11 is 12.9. The third kappa shape index (κ3) is 5.10. The Hall–Kier alpha value is -2.09. The molecule has 0 radical (unpaired) electrons. The van der Waals surface area contributed by atoms with Gasteiger partial charge in [-0.3, -0.25) is 9.59 Å². The van der Waals surface area contributed by atoms with Crippen LogP contribution in [0.5, 0.6) is 0 Å². The van der Waals surface area contributed by atoms with E-state index in [4.69, 9.17) is 27.9 Å². The molecule has 0 unspecified atom stereocenters. The first-order chi connectivity index (χ1) is 13.7. The third-order valence-electron chi connectivity index (χ3n) is 4.28. The number of benzene rings is 1. The molecule has 1 heterocycles. The molecule has 1 N–H and O–H groups in total. The van der Waals surface area contributed by atoms with Crippen LogP contribution in [0.15, 0.2) is 18.2 Å². The number of nitrogens with zero attached hydrogens (tertiary/aromatic N) is 1. The lowest BCUT2D eigenvalue weighted by Gasteiger charge is -2.18. The molecule has 29 heavy (non-hydrogen) atoms. The Morgan fingerprint density at radius 2 is 1.76 bits per heavy atom. The Morgan fingerprint density at radius 1 is 1.10 bits per heavy atom. The fourth-order valence-electron chi connectivity index (χ4n) is 2.72. The van der Waals surface area contributed by atoms with Crippen LogP contribution in [0.3, 0.4) is 0 Å². The number of ether oxygens (including phenoxy) is 1. The van der Waals surface area contributed by atoms with Crippen molar-refractivity contribution >= 4 is 57.3 Å². The first-order valence-corrected chi connectivity index (χ1v) is 10.7. The molecule has 0 saturated carbocycles. The van der Waals surface area contributed by atoms with Crippen LogP contribution in [-0.4, -0.2) is 42.4 Å². The van der Waals surface area contributed by atoms with Crippen LogP contribution in [0.1, 0.15) is 56.7 Å². The molecule has 0 atom stereocenters. The average Bonchev–Trinajstić information content (AvgIpc) is 3.00. The second-order valence-electron chi connectivity index (χ2n) is 6.04. The summed E-state index contributed by atoms with van der Waals surface area (Å²) in [5.74, 6) is -1.26. The lowest BCUT2D eigenvalue weighted by Crippen LogP contribution is -2.30. The van der Waals surface area contributed by atoms with Crippen LogP contribution >= 0.6 is 34.5 Å². The van der Waals surface area contributed by atoms with Crippen LogP contribution < -0.4 is 5.32 Å². The largest absolute Gasteiger partial charge is 0.462 e. The number of amides is 2. The van der Waals surface area contributed by atoms with Gasteiger partial charge in [0.25, 0.3) is 11.8 Å². The lowest BCUT2D eigenvalue weighted by molar-refractivity contribution is 0.0527. The molecule has 0 spiro atoms. The maximum Gasteiger partial charge on any atom is 0.341 e. The number of esters is 1. The van der Waals surface area contributed by atoms with Gasteiger partial charge in [-0.1, -0.05) is 23.2 Å². The molecule has 0 fully saturated rings. The smallest absolute Gasteiger partial charge is 0.341 e. The predicted octanol–water partition coefficient (Wildman–Crippen LogP) is 5.27. The van der Waals surface area contributed by atoms with Crippen molar-refractivity contribution in [2.75, 3.05) is 25.0 Å². The van der Waals surface area contributed by atoms with Gasteiger partial charge in [0.05, 0.1) is 27.1 Å². The van der Waals surface area contributed by atoms with Crippen LogP contribution in [0.2, 0.25) is 10.0 Å². The topological polar surface area (TPSA) is 75.7 Å². The third-order valence-corrected chi connectivity index (χ3v) is 6.21. The standard InChI is InChI=1S/C20H22Cl2N2O4S/c1-5-24(6-2)19(26)16-11(4)15(20(27)28-7-3)18(29-16)23-17(25)12-8-9-13(21)14(22)10-12/h8-10H,5-7H2,1-4H3,(H,23,25). The molecular formula is C20H22Cl2N2O4S. The highest BCUT2D eigenvalue weighted by molar-refractivity contribution is 7.18. The monoisotopic (exact) mass is 456 g/mol. The molecule has 1 aromatic heterocycles. The van der Waals surface area contributed by atoms with Crippen molar-refractivity contribution < 1.29 is 19.1 Å². The van der Waals surface area contributed by atoms with Gasteiger partial charge in [0.15, 0.2) is 0 Å². The summed E-state index contributed by atoms with van der Waals surface area (Å²) in [5, 5.41) is 3.54. The van der Waals surface area contributed by atoms with Crippen molar-refractivity contribution in [1.29, 1.82) is 0 Å². The van der Waals surface area contributed by atoms with E-state index in [1.54, 1.807) is 18.7 Å². The highest BCUT2D eigenvalue weighted by Crippen LogP contribution is 2.35. The Balaban J connectivity index is 2.47. The number of rotatable bonds is 7. The minimum absolute atomic E-state index is 0.174. The zero-order valence-electron chi connectivity index (χ0n) is 16.6. The van der Waals surface area contributed by atoms with Gasteiger partial charge in [0.2, 0.25) is 0 Å². The van der Waals surface area contributed by atoms with Gasteiger partial charge in [0.1, 0.15) is 5.00 Å². The molecule has 2 amide bonds. The molecule has 1 aromatic carbocycles. The number of anilines is 1. The summed E-state index contributed by atoms with van der Waals surface area (Å²) < 4.78 is 5.13. The summed E-state index contributed by atoms with van der Waals surface area (Å²) in [6.07, 6.45) is 0. The summed E-state index contributed by atoms with van der Waals surface area (Å²) in [6, 6.07) is 4.47. The van der Waals surface area contributed by atoms with E-state index in [-0.39, 0.29) is 33.7 Å². The summed E-state index contributed by atoms with van der Waals surface area (Å²) in [5.41, 5.74) is 0.937. The molecule has 0 aliphatic rings. The lowest BCUT2D eigenvalue weighted by atomic mass is 10.1. The van der Waals surface area contributed by atoms with Gasteiger partial charge < -0.3 is 15.0 Å². The molecule has 0 aliphatic heterocycles. The fraction of sp³-hybridized carbons (Fsp3) is 0.350. The zero-order chi connectivity index (χ0) is 21.7. The Kier molecular flexibility index (Phi) is 8.07. The molecule has 0 saturated heterocycles. The maximum absolute atomic E-state index is 12.9. The SMILES string of the molecule is CCOC(=O)c1c(NC(=O)c2ccc(Cl)c(Cl)c2)sc(C(=O)N(CC)CC)c1C. The predicted molar refractivity (Wildman–Crippen MR) is 117 cm³/mol. The first-order valence-electron chi connectivity index (χ1n) is 9.11. The van der Waals surface area contributed by atoms with E-state index in [2.05, 4.69) is 5.32 Å². The number of hydrogen-bond acceptors (Lipinski definition) is 5. The molecule has 156 valence electrons. The van der Waals surface area contributed by atoms with Gasteiger partial charge in [-0.25, -0.2) is 4.79 Å². The second kappa shape index (κ2) is 10.1. The van der Waals surface area contributed by atoms with Crippen LogP contribution in [0.4, 0.5) is 5.00 Å². The van der Waals surface area contributed by atoms with Crippen molar-refractivity contribution in [2.45, 2.75) is 27.7 Å². The molecule has 2 rings (SSSR count). The highest BCUT2D eigenvalue weighted by atomic mass is 35.5. The van der Waals surface area contributed by atoms with E-state index in [1.807, 2.05) is 13.8 Å². The van der Waals surface area contributed by atoms with E-state index in [0.717, 1.165) is 11.3 Å². The second-order valence-corrected chi connectivity index (χ2v) is 7.88. The summed E-state index contributed by atoms with van der Waals surface area (Å²) in [7, 11) is 0. The molecule has 0 aliphatic carbocycles. The molecule has 0 bridgehead atoms. The summed E-state index contributed by atoms with van der Waals surface area (Å²) in [6.45, 7) is 8.36. The number of nitrogens with one attached hydrogen (secondary N) is 1. The number of hydrogen-bond donors (Lipinski definition) is 1. The quantitative estimate of drug-likeness (QED) is 0.575. The van der Waals surface area contributed by atoms with E-state index in [0.29, 0.717) is 28.6 Å². The average molecular weight is 457 g/mol. The number of thiophene rings is 1. The normalized spacial score (nSPS) is 10.6. The fourth-order valence-corrected chi connectivity index (χ4v) is 4.18. The van der Waals surface area contributed by atoms with Crippen molar-refractivity contribution in [3.05, 3.63) is 49.8 Å². The minimum atomic E-state index is -0.593. The van der Waals surface area contributed by atoms with Crippen LogP contribution in [0.25, 0.3) is 0 Å². The Labute approximate surface area is 183 Å². The summed E-state index contributed by atoms with van der Waals surface area (Å²) in [4.78, 5) is 40.1. The van der Waals surface area contributed by atoms with Gasteiger partial charge in [-0.2, -0.15) is 0 Å². The van der Waals surface area contributed by atoms with E-state index >= 15 is 0 Å². The van der Waals surface area contributed by atoms with Crippen LogP contribution in [0, 0.1) is 6.92 Å². The van der Waals surface area contributed by atoms with Crippen LogP contribution in [-0.2, 0) is 4.74 Å². The molecular weight excluding hydrogens is 435 g/mol. The first kappa shape index (κ1) is 23.2. The zero-order valence-corrected chi connectivity index (χ0v) is 18.9. The van der Waals surface area contributed by atoms with E-state index < -0.39 is 11.9 Å². The number of halogens is 2. The Bertz CT molecular complexity index is 939. The van der Waals surface area contributed by atoms with Crippen molar-refractivity contribution in [3.8, 4) is 0 Å². The van der Waals surface area contributed by atoms with Crippen molar-refractivity contribution in [2.24, 2.45) is 0 Å². The number of carbonyl (C=O) groups is 3. The van der Waals surface area contributed by atoms with Crippen molar-refractivity contribution in [1.82, 2.24) is 4.90 Å². The highest BCUT2D eigenvalue weighted by Gasteiger charge is 2.28. The molecule has 2 aromatic rings. The number of carbonyl (C=O) groups excluding carboxylic acids is 3.